The maximum Gasteiger partial charge on any atom is 0.165 e. The molecule has 0 aliphatic rings. The minimum absolute atomic E-state index is 0.319. The summed E-state index contributed by atoms with van der Waals surface area (Å²) >= 11 is 0. The van der Waals surface area contributed by atoms with Crippen LogP contribution >= 0.6 is 0 Å². The summed E-state index contributed by atoms with van der Waals surface area (Å²) in [6.45, 7) is 2.22. The highest BCUT2D eigenvalue weighted by atomic mass is 19.1. The first-order valence-corrected chi connectivity index (χ1v) is 5.53. The third-order valence-electron chi connectivity index (χ3n) is 2.69. The lowest BCUT2D eigenvalue weighted by molar-refractivity contribution is 0.432. The lowest BCUT2D eigenvalue weighted by atomic mass is 10.1. The predicted molar refractivity (Wildman–Crippen MR) is 66.5 cm³/mol. The molecule has 2 nitrogen and oxygen atoms in total. The Morgan fingerprint density at radius 3 is 2.61 bits per heavy atom. The van der Waals surface area contributed by atoms with Gasteiger partial charge in [-0.05, 0) is 42.3 Å². The van der Waals surface area contributed by atoms with Gasteiger partial charge in [-0.3, -0.25) is 0 Å². The SMILES string of the molecule is Cc1ccc(F)cc1NCc1ccc(O)c(F)c1. The zero-order chi connectivity index (χ0) is 13.1. The topological polar surface area (TPSA) is 32.3 Å². The lowest BCUT2D eigenvalue weighted by Crippen LogP contribution is -2.01. The van der Waals surface area contributed by atoms with Crippen molar-refractivity contribution in [3.63, 3.8) is 0 Å². The zero-order valence-electron chi connectivity index (χ0n) is 9.87. The minimum Gasteiger partial charge on any atom is -0.505 e. The van der Waals surface area contributed by atoms with Crippen molar-refractivity contribution in [2.45, 2.75) is 13.5 Å². The number of hydrogen-bond acceptors (Lipinski definition) is 2. The van der Waals surface area contributed by atoms with E-state index in [9.17, 15) is 8.78 Å². The Morgan fingerprint density at radius 1 is 1.11 bits per heavy atom. The number of aryl methyl sites for hydroxylation is 1. The Balaban J connectivity index is 2.11. The van der Waals surface area contributed by atoms with Crippen LogP contribution in [0.3, 0.4) is 0 Å². The fourth-order valence-corrected chi connectivity index (χ4v) is 1.64. The van der Waals surface area contributed by atoms with Crippen molar-refractivity contribution in [3.8, 4) is 5.75 Å². The average molecular weight is 249 g/mol. The Bertz CT molecular complexity index is 570. The number of phenolic OH excluding ortho intramolecular Hbond substituents is 1. The van der Waals surface area contributed by atoms with Crippen molar-refractivity contribution < 1.29 is 13.9 Å². The molecule has 4 heteroatoms. The summed E-state index contributed by atoms with van der Waals surface area (Å²) in [5, 5.41) is 12.1. The van der Waals surface area contributed by atoms with E-state index in [4.69, 9.17) is 5.11 Å². The van der Waals surface area contributed by atoms with Gasteiger partial charge in [0.05, 0.1) is 0 Å². The molecular weight excluding hydrogens is 236 g/mol. The predicted octanol–water partition coefficient (Wildman–Crippen LogP) is 3.59. The van der Waals surface area contributed by atoms with Crippen LogP contribution < -0.4 is 5.32 Å². The number of phenols is 1. The van der Waals surface area contributed by atoms with Gasteiger partial charge in [0.2, 0.25) is 0 Å². The number of anilines is 1. The van der Waals surface area contributed by atoms with Gasteiger partial charge in [0, 0.05) is 12.2 Å². The standard InChI is InChI=1S/C14H13F2NO/c1-9-2-4-11(15)7-13(9)17-8-10-3-5-14(18)12(16)6-10/h2-7,17-18H,8H2,1H3. The van der Waals surface area contributed by atoms with Gasteiger partial charge >= 0.3 is 0 Å². The van der Waals surface area contributed by atoms with Crippen molar-refractivity contribution in [3.05, 3.63) is 59.2 Å². The van der Waals surface area contributed by atoms with E-state index in [-0.39, 0.29) is 11.6 Å². The molecule has 0 fully saturated rings. The fraction of sp³-hybridized carbons (Fsp3) is 0.143. The molecule has 0 atom stereocenters. The van der Waals surface area contributed by atoms with Crippen LogP contribution in [0, 0.1) is 18.6 Å². The zero-order valence-corrected chi connectivity index (χ0v) is 9.87. The molecule has 0 aliphatic carbocycles. The first kappa shape index (κ1) is 12.4. The van der Waals surface area contributed by atoms with E-state index in [0.29, 0.717) is 17.8 Å². The molecule has 0 saturated heterocycles. The second-order valence-corrected chi connectivity index (χ2v) is 4.10. The average Bonchev–Trinajstić information content (AvgIpc) is 2.34. The lowest BCUT2D eigenvalue weighted by Gasteiger charge is -2.10. The molecule has 0 radical (unpaired) electrons. The van der Waals surface area contributed by atoms with E-state index in [1.165, 1.54) is 24.3 Å². The van der Waals surface area contributed by atoms with Crippen molar-refractivity contribution in [1.29, 1.82) is 0 Å². The maximum atomic E-state index is 13.1. The molecule has 0 saturated carbocycles. The van der Waals surface area contributed by atoms with Crippen molar-refractivity contribution in [1.82, 2.24) is 0 Å². The minimum atomic E-state index is -0.662. The first-order valence-electron chi connectivity index (χ1n) is 5.53. The van der Waals surface area contributed by atoms with Gasteiger partial charge in [-0.2, -0.15) is 0 Å². The van der Waals surface area contributed by atoms with Gasteiger partial charge < -0.3 is 10.4 Å². The number of nitrogens with one attached hydrogen (secondary N) is 1. The van der Waals surface area contributed by atoms with Crippen LogP contribution in [0.2, 0.25) is 0 Å². The maximum absolute atomic E-state index is 13.1. The van der Waals surface area contributed by atoms with E-state index in [1.807, 2.05) is 6.92 Å². The van der Waals surface area contributed by atoms with Crippen molar-refractivity contribution >= 4 is 5.69 Å². The molecule has 0 aromatic heterocycles. The summed E-state index contributed by atoms with van der Waals surface area (Å²) < 4.78 is 26.2. The second kappa shape index (κ2) is 5.04. The summed E-state index contributed by atoms with van der Waals surface area (Å²) in [4.78, 5) is 0. The molecular formula is C14H13F2NO. The highest BCUT2D eigenvalue weighted by Crippen LogP contribution is 2.19. The van der Waals surface area contributed by atoms with E-state index in [0.717, 1.165) is 5.56 Å². The largest absolute Gasteiger partial charge is 0.505 e. The van der Waals surface area contributed by atoms with Gasteiger partial charge in [0.25, 0.3) is 0 Å². The molecule has 0 heterocycles. The molecule has 18 heavy (non-hydrogen) atoms. The molecule has 94 valence electrons. The summed E-state index contributed by atoms with van der Waals surface area (Å²) in [6, 6.07) is 8.61. The molecule has 2 aromatic rings. The molecule has 2 N–H and O–H groups in total. The van der Waals surface area contributed by atoms with Gasteiger partial charge in [-0.15, -0.1) is 0 Å². The highest BCUT2D eigenvalue weighted by molar-refractivity contribution is 5.51. The summed E-state index contributed by atoms with van der Waals surface area (Å²) in [5.74, 6) is -1.36. The van der Waals surface area contributed by atoms with E-state index in [2.05, 4.69) is 5.32 Å². The van der Waals surface area contributed by atoms with Crippen LogP contribution in [0.15, 0.2) is 36.4 Å². The van der Waals surface area contributed by atoms with Crippen LogP contribution in [-0.4, -0.2) is 5.11 Å². The molecule has 2 aromatic carbocycles. The summed E-state index contributed by atoms with van der Waals surface area (Å²) in [6.07, 6.45) is 0. The fourth-order valence-electron chi connectivity index (χ4n) is 1.64. The number of aromatic hydroxyl groups is 1. The quantitative estimate of drug-likeness (QED) is 0.871. The normalized spacial score (nSPS) is 10.4. The van der Waals surface area contributed by atoms with E-state index >= 15 is 0 Å². The van der Waals surface area contributed by atoms with E-state index in [1.54, 1.807) is 12.1 Å². The molecule has 0 unspecified atom stereocenters. The number of hydrogen-bond donors (Lipinski definition) is 2. The van der Waals surface area contributed by atoms with Gasteiger partial charge in [-0.1, -0.05) is 12.1 Å². The first-order chi connectivity index (χ1) is 8.56. The van der Waals surface area contributed by atoms with Crippen LogP contribution in [0.25, 0.3) is 0 Å². The molecule has 0 amide bonds. The van der Waals surface area contributed by atoms with Crippen LogP contribution in [0.4, 0.5) is 14.5 Å². The Hall–Kier alpha value is -2.10. The highest BCUT2D eigenvalue weighted by Gasteiger charge is 2.03. The summed E-state index contributed by atoms with van der Waals surface area (Å²) in [5.41, 5.74) is 2.26. The van der Waals surface area contributed by atoms with Gasteiger partial charge in [-0.25, -0.2) is 8.78 Å². The Labute approximate surface area is 104 Å². The monoisotopic (exact) mass is 249 g/mol. The Kier molecular flexibility index (Phi) is 3.46. The third-order valence-corrected chi connectivity index (χ3v) is 2.69. The van der Waals surface area contributed by atoms with Crippen LogP contribution in [-0.2, 0) is 6.54 Å². The summed E-state index contributed by atoms with van der Waals surface area (Å²) in [7, 11) is 0. The third kappa shape index (κ3) is 2.77. The Morgan fingerprint density at radius 2 is 1.89 bits per heavy atom. The van der Waals surface area contributed by atoms with Crippen LogP contribution in [0.5, 0.6) is 5.75 Å². The van der Waals surface area contributed by atoms with Gasteiger partial charge in [0.1, 0.15) is 5.82 Å². The van der Waals surface area contributed by atoms with E-state index < -0.39 is 5.82 Å². The molecule has 0 spiro atoms. The van der Waals surface area contributed by atoms with Crippen molar-refractivity contribution in [2.75, 3.05) is 5.32 Å². The molecule has 0 aliphatic heterocycles. The van der Waals surface area contributed by atoms with Crippen molar-refractivity contribution in [2.24, 2.45) is 0 Å². The second-order valence-electron chi connectivity index (χ2n) is 4.10. The van der Waals surface area contributed by atoms with Gasteiger partial charge in [0.15, 0.2) is 11.6 Å². The number of benzene rings is 2. The number of halogens is 2. The number of rotatable bonds is 3. The van der Waals surface area contributed by atoms with Crippen LogP contribution in [0.1, 0.15) is 11.1 Å². The smallest absolute Gasteiger partial charge is 0.165 e. The molecule has 0 bridgehead atoms. The molecule has 2 rings (SSSR count).